The number of aromatic nitrogens is 3. The van der Waals surface area contributed by atoms with Gasteiger partial charge in [-0.25, -0.2) is 4.98 Å². The SMILES string of the molecule is CC(C)OCCCn1c(SCc2ccc3ccccc3n2)nc2ccccc2c1=O. The Labute approximate surface area is 180 Å². The zero-order chi connectivity index (χ0) is 20.9. The predicted octanol–water partition coefficient (Wildman–Crippen LogP) is 5.05. The van der Waals surface area contributed by atoms with Crippen molar-refractivity contribution in [3.05, 3.63) is 76.7 Å². The first-order chi connectivity index (χ1) is 14.6. The highest BCUT2D eigenvalue weighted by atomic mass is 32.2. The van der Waals surface area contributed by atoms with E-state index in [0.29, 0.717) is 24.3 Å². The largest absolute Gasteiger partial charge is 0.379 e. The van der Waals surface area contributed by atoms with E-state index in [1.807, 2.05) is 62.4 Å². The normalized spacial score (nSPS) is 11.6. The number of nitrogens with zero attached hydrogens (tertiary/aromatic N) is 3. The zero-order valence-electron chi connectivity index (χ0n) is 17.2. The molecular formula is C24H25N3O2S. The molecule has 154 valence electrons. The van der Waals surface area contributed by atoms with Gasteiger partial charge >= 0.3 is 0 Å². The molecule has 0 saturated carbocycles. The fraction of sp³-hybridized carbons (Fsp3) is 0.292. The maximum absolute atomic E-state index is 13.1. The Morgan fingerprint density at radius 3 is 2.57 bits per heavy atom. The second-order valence-electron chi connectivity index (χ2n) is 7.43. The van der Waals surface area contributed by atoms with Gasteiger partial charge in [0.05, 0.1) is 28.2 Å². The minimum atomic E-state index is -0.000817. The molecular weight excluding hydrogens is 394 g/mol. The number of hydrogen-bond acceptors (Lipinski definition) is 5. The van der Waals surface area contributed by atoms with E-state index < -0.39 is 0 Å². The van der Waals surface area contributed by atoms with E-state index >= 15 is 0 Å². The average Bonchev–Trinajstić information content (AvgIpc) is 2.76. The third-order valence-corrected chi connectivity index (χ3v) is 5.82. The van der Waals surface area contributed by atoms with Crippen LogP contribution in [0.25, 0.3) is 21.8 Å². The molecule has 0 aliphatic rings. The number of thioether (sulfide) groups is 1. The van der Waals surface area contributed by atoms with Crippen molar-refractivity contribution in [2.75, 3.05) is 6.61 Å². The Balaban J connectivity index is 1.60. The van der Waals surface area contributed by atoms with Gasteiger partial charge in [-0.05, 0) is 44.5 Å². The van der Waals surface area contributed by atoms with E-state index in [-0.39, 0.29) is 11.7 Å². The molecule has 2 heterocycles. The third-order valence-electron chi connectivity index (χ3n) is 4.81. The van der Waals surface area contributed by atoms with Gasteiger partial charge in [-0.1, -0.05) is 48.2 Å². The van der Waals surface area contributed by atoms with Crippen molar-refractivity contribution in [1.29, 1.82) is 0 Å². The van der Waals surface area contributed by atoms with Gasteiger partial charge < -0.3 is 4.74 Å². The van der Waals surface area contributed by atoms with Gasteiger partial charge in [-0.2, -0.15) is 0 Å². The van der Waals surface area contributed by atoms with Gasteiger partial charge in [0.15, 0.2) is 5.16 Å². The van der Waals surface area contributed by atoms with Crippen molar-refractivity contribution >= 4 is 33.6 Å². The molecule has 6 heteroatoms. The molecule has 0 atom stereocenters. The first-order valence-electron chi connectivity index (χ1n) is 10.2. The Bertz CT molecular complexity index is 1220. The summed E-state index contributed by atoms with van der Waals surface area (Å²) in [5.41, 5.74) is 2.67. The van der Waals surface area contributed by atoms with Crippen molar-refractivity contribution in [2.24, 2.45) is 0 Å². The smallest absolute Gasteiger partial charge is 0.262 e. The molecule has 4 aromatic rings. The molecule has 0 saturated heterocycles. The van der Waals surface area contributed by atoms with Gasteiger partial charge in [-0.15, -0.1) is 0 Å². The van der Waals surface area contributed by atoms with Crippen LogP contribution in [0.15, 0.2) is 70.6 Å². The summed E-state index contributed by atoms with van der Waals surface area (Å²) in [5, 5.41) is 2.49. The molecule has 30 heavy (non-hydrogen) atoms. The molecule has 5 nitrogen and oxygen atoms in total. The van der Waals surface area contributed by atoms with Gasteiger partial charge in [0.25, 0.3) is 5.56 Å². The highest BCUT2D eigenvalue weighted by molar-refractivity contribution is 7.98. The zero-order valence-corrected chi connectivity index (χ0v) is 18.1. The number of rotatable bonds is 8. The highest BCUT2D eigenvalue weighted by Crippen LogP contribution is 2.23. The Morgan fingerprint density at radius 2 is 1.73 bits per heavy atom. The summed E-state index contributed by atoms with van der Waals surface area (Å²) in [6, 6.07) is 19.7. The summed E-state index contributed by atoms with van der Waals surface area (Å²) in [4.78, 5) is 22.6. The Hall–Kier alpha value is -2.70. The maximum Gasteiger partial charge on any atom is 0.262 e. The van der Waals surface area contributed by atoms with Crippen LogP contribution in [0.4, 0.5) is 0 Å². The minimum absolute atomic E-state index is 0.000817. The second-order valence-corrected chi connectivity index (χ2v) is 8.37. The molecule has 0 N–H and O–H groups in total. The van der Waals surface area contributed by atoms with E-state index in [4.69, 9.17) is 14.7 Å². The number of fused-ring (bicyclic) bond motifs is 2. The number of benzene rings is 2. The summed E-state index contributed by atoms with van der Waals surface area (Å²) in [6.07, 6.45) is 0.948. The number of pyridine rings is 1. The summed E-state index contributed by atoms with van der Waals surface area (Å²) in [7, 11) is 0. The third kappa shape index (κ3) is 4.71. The fourth-order valence-corrected chi connectivity index (χ4v) is 4.25. The topological polar surface area (TPSA) is 57.0 Å². The molecule has 2 aromatic heterocycles. The molecule has 2 aromatic carbocycles. The van der Waals surface area contributed by atoms with Crippen LogP contribution in [0.5, 0.6) is 0 Å². The molecule has 0 aliphatic heterocycles. The van der Waals surface area contributed by atoms with Crippen LogP contribution in [0, 0.1) is 0 Å². The summed E-state index contributed by atoms with van der Waals surface area (Å²) in [5.74, 6) is 0.651. The van der Waals surface area contributed by atoms with E-state index in [9.17, 15) is 4.79 Å². The van der Waals surface area contributed by atoms with Crippen LogP contribution in [-0.4, -0.2) is 27.2 Å². The molecule has 0 amide bonds. The van der Waals surface area contributed by atoms with E-state index in [1.165, 1.54) is 0 Å². The lowest BCUT2D eigenvalue weighted by molar-refractivity contribution is 0.0743. The summed E-state index contributed by atoms with van der Waals surface area (Å²) in [6.45, 7) is 5.23. The fourth-order valence-electron chi connectivity index (χ4n) is 3.32. The van der Waals surface area contributed by atoms with Crippen molar-refractivity contribution in [3.63, 3.8) is 0 Å². The molecule has 0 aliphatic carbocycles. The first-order valence-corrected chi connectivity index (χ1v) is 11.2. The Kier molecular flexibility index (Phi) is 6.45. The number of hydrogen-bond donors (Lipinski definition) is 0. The van der Waals surface area contributed by atoms with Gasteiger partial charge in [0, 0.05) is 24.3 Å². The quantitative estimate of drug-likeness (QED) is 0.227. The van der Waals surface area contributed by atoms with Gasteiger partial charge in [0.1, 0.15) is 0 Å². The van der Waals surface area contributed by atoms with E-state index in [2.05, 4.69) is 12.1 Å². The van der Waals surface area contributed by atoms with Crippen molar-refractivity contribution in [3.8, 4) is 0 Å². The van der Waals surface area contributed by atoms with Crippen LogP contribution in [0.2, 0.25) is 0 Å². The van der Waals surface area contributed by atoms with E-state index in [0.717, 1.165) is 33.7 Å². The van der Waals surface area contributed by atoms with Crippen molar-refractivity contribution < 1.29 is 4.74 Å². The van der Waals surface area contributed by atoms with Crippen molar-refractivity contribution in [2.45, 2.75) is 43.8 Å². The number of ether oxygens (including phenoxy) is 1. The standard InChI is InChI=1S/C24H25N3O2S/c1-17(2)29-15-7-14-27-23(28)20-9-4-6-11-22(20)26-24(27)30-16-19-13-12-18-8-3-5-10-21(18)25-19/h3-6,8-13,17H,7,14-16H2,1-2H3. The monoisotopic (exact) mass is 419 g/mol. The lowest BCUT2D eigenvalue weighted by atomic mass is 10.2. The number of para-hydroxylation sites is 2. The molecule has 0 fully saturated rings. The van der Waals surface area contributed by atoms with Crippen LogP contribution >= 0.6 is 11.8 Å². The summed E-state index contributed by atoms with van der Waals surface area (Å²) < 4.78 is 7.42. The molecule has 0 unspecified atom stereocenters. The summed E-state index contributed by atoms with van der Waals surface area (Å²) >= 11 is 1.55. The Morgan fingerprint density at radius 1 is 0.967 bits per heavy atom. The second kappa shape index (κ2) is 9.41. The van der Waals surface area contributed by atoms with Gasteiger partial charge in [-0.3, -0.25) is 14.3 Å². The molecule has 0 radical (unpaired) electrons. The van der Waals surface area contributed by atoms with Crippen LogP contribution < -0.4 is 5.56 Å². The maximum atomic E-state index is 13.1. The molecule has 0 spiro atoms. The first kappa shape index (κ1) is 20.6. The highest BCUT2D eigenvalue weighted by Gasteiger charge is 2.12. The molecule has 4 rings (SSSR count). The van der Waals surface area contributed by atoms with Crippen LogP contribution in [0.1, 0.15) is 26.0 Å². The van der Waals surface area contributed by atoms with Crippen LogP contribution in [-0.2, 0) is 17.0 Å². The predicted molar refractivity (Wildman–Crippen MR) is 123 cm³/mol. The molecule has 0 bridgehead atoms. The van der Waals surface area contributed by atoms with Gasteiger partial charge in [0.2, 0.25) is 0 Å². The lowest BCUT2D eigenvalue weighted by Gasteiger charge is -2.14. The minimum Gasteiger partial charge on any atom is -0.379 e. The lowest BCUT2D eigenvalue weighted by Crippen LogP contribution is -2.24. The van der Waals surface area contributed by atoms with E-state index in [1.54, 1.807) is 16.3 Å². The van der Waals surface area contributed by atoms with Crippen LogP contribution in [0.3, 0.4) is 0 Å². The van der Waals surface area contributed by atoms with Crippen molar-refractivity contribution in [1.82, 2.24) is 14.5 Å². The average molecular weight is 420 g/mol.